The van der Waals surface area contributed by atoms with Crippen LogP contribution in [0.15, 0.2) is 18.2 Å². The van der Waals surface area contributed by atoms with Crippen LogP contribution in [0.4, 0.5) is 5.69 Å². The smallest absolute Gasteiger partial charge is 0.253 e. The predicted octanol–water partition coefficient (Wildman–Crippen LogP) is 2.01. The molecule has 1 aromatic carbocycles. The molecule has 1 aliphatic rings. The van der Waals surface area contributed by atoms with Crippen LogP contribution in [0.5, 0.6) is 0 Å². The number of hydrogen-bond donors (Lipinski definition) is 1. The zero-order chi connectivity index (χ0) is 18.1. The lowest BCUT2D eigenvalue weighted by Gasteiger charge is -2.29. The average Bonchev–Trinajstić information content (AvgIpc) is 2.85. The molecule has 6 nitrogen and oxygen atoms in total. The Labute approximate surface area is 156 Å². The fourth-order valence-electron chi connectivity index (χ4n) is 2.96. The lowest BCUT2D eigenvalue weighted by molar-refractivity contribution is 0.0740. The highest BCUT2D eigenvalue weighted by atomic mass is 35.5. The minimum absolute atomic E-state index is 0. The number of nitrogens with zero attached hydrogens (tertiary/aromatic N) is 2. The van der Waals surface area contributed by atoms with Crippen LogP contribution < -0.4 is 10.0 Å². The van der Waals surface area contributed by atoms with Crippen molar-refractivity contribution in [2.45, 2.75) is 27.2 Å². The molecule has 8 heteroatoms. The molecule has 1 saturated heterocycles. The molecule has 25 heavy (non-hydrogen) atoms. The lowest BCUT2D eigenvalue weighted by Crippen LogP contribution is -2.40. The SMILES string of the molecule is Cc1cc(N2CCCS2(=O)=O)ccc1C(=O)N(C)CC(C)(C)CN.Cl. The summed E-state index contributed by atoms with van der Waals surface area (Å²) in [6.07, 6.45) is 0.638. The van der Waals surface area contributed by atoms with Crippen LogP contribution in [-0.2, 0) is 10.0 Å². The van der Waals surface area contributed by atoms with Gasteiger partial charge in [0.2, 0.25) is 10.0 Å². The van der Waals surface area contributed by atoms with E-state index in [2.05, 4.69) is 0 Å². The fourth-order valence-corrected chi connectivity index (χ4v) is 4.51. The van der Waals surface area contributed by atoms with Gasteiger partial charge in [-0.15, -0.1) is 12.4 Å². The van der Waals surface area contributed by atoms with Crippen LogP contribution in [0.2, 0.25) is 0 Å². The first-order valence-corrected chi connectivity index (χ1v) is 9.75. The van der Waals surface area contributed by atoms with Gasteiger partial charge in [0.25, 0.3) is 5.91 Å². The molecular weight excluding hydrogens is 362 g/mol. The number of nitrogens with two attached hydrogens (primary N) is 1. The van der Waals surface area contributed by atoms with Crippen molar-refractivity contribution < 1.29 is 13.2 Å². The molecule has 0 aromatic heterocycles. The van der Waals surface area contributed by atoms with Gasteiger partial charge in [0.15, 0.2) is 0 Å². The number of sulfonamides is 1. The lowest BCUT2D eigenvalue weighted by atomic mass is 9.93. The quantitative estimate of drug-likeness (QED) is 0.834. The minimum atomic E-state index is -3.21. The van der Waals surface area contributed by atoms with Gasteiger partial charge in [0, 0.05) is 25.7 Å². The Morgan fingerprint density at radius 2 is 2.00 bits per heavy atom. The van der Waals surface area contributed by atoms with Crippen molar-refractivity contribution in [3.63, 3.8) is 0 Å². The Kier molecular flexibility index (Phi) is 6.89. The van der Waals surface area contributed by atoms with Crippen LogP contribution in [0, 0.1) is 12.3 Å². The van der Waals surface area contributed by atoms with E-state index in [1.807, 2.05) is 20.8 Å². The van der Waals surface area contributed by atoms with Crippen molar-refractivity contribution >= 4 is 34.0 Å². The van der Waals surface area contributed by atoms with Crippen LogP contribution >= 0.6 is 12.4 Å². The summed E-state index contributed by atoms with van der Waals surface area (Å²) in [5.74, 6) is 0.105. The van der Waals surface area contributed by atoms with Gasteiger partial charge in [-0.25, -0.2) is 8.42 Å². The first-order chi connectivity index (χ1) is 11.1. The number of carbonyl (C=O) groups excluding carboxylic acids is 1. The van der Waals surface area contributed by atoms with Gasteiger partial charge < -0.3 is 10.6 Å². The zero-order valence-corrected chi connectivity index (χ0v) is 16.9. The van der Waals surface area contributed by atoms with E-state index in [-0.39, 0.29) is 29.5 Å². The topological polar surface area (TPSA) is 83.7 Å². The maximum absolute atomic E-state index is 12.7. The van der Waals surface area contributed by atoms with E-state index >= 15 is 0 Å². The molecule has 0 atom stereocenters. The van der Waals surface area contributed by atoms with E-state index in [1.54, 1.807) is 30.1 Å². The van der Waals surface area contributed by atoms with Crippen LogP contribution in [0.3, 0.4) is 0 Å². The summed E-state index contributed by atoms with van der Waals surface area (Å²) in [4.78, 5) is 14.3. The first kappa shape index (κ1) is 21.7. The summed E-state index contributed by atoms with van der Waals surface area (Å²) < 4.78 is 25.5. The zero-order valence-electron chi connectivity index (χ0n) is 15.3. The van der Waals surface area contributed by atoms with E-state index < -0.39 is 10.0 Å². The fraction of sp³-hybridized carbons (Fsp3) is 0.588. The van der Waals surface area contributed by atoms with Crippen LogP contribution in [0.1, 0.15) is 36.2 Å². The maximum atomic E-state index is 12.7. The van der Waals surface area contributed by atoms with Gasteiger partial charge >= 0.3 is 0 Å². The first-order valence-electron chi connectivity index (χ1n) is 8.14. The molecule has 1 amide bonds. The minimum Gasteiger partial charge on any atom is -0.341 e. The van der Waals surface area contributed by atoms with Gasteiger partial charge in [-0.05, 0) is 49.1 Å². The molecule has 0 radical (unpaired) electrons. The summed E-state index contributed by atoms with van der Waals surface area (Å²) in [6, 6.07) is 5.20. The molecule has 0 spiro atoms. The Hall–Kier alpha value is -1.31. The largest absolute Gasteiger partial charge is 0.341 e. The highest BCUT2D eigenvalue weighted by Crippen LogP contribution is 2.27. The molecule has 0 bridgehead atoms. The second kappa shape index (κ2) is 7.93. The molecule has 142 valence electrons. The number of rotatable bonds is 5. The second-order valence-electron chi connectivity index (χ2n) is 7.27. The van der Waals surface area contributed by atoms with Gasteiger partial charge in [0.1, 0.15) is 0 Å². The second-order valence-corrected chi connectivity index (χ2v) is 9.28. The van der Waals surface area contributed by atoms with Crippen molar-refractivity contribution in [2.75, 3.05) is 36.7 Å². The van der Waals surface area contributed by atoms with E-state index in [0.29, 0.717) is 37.3 Å². The molecule has 1 aromatic rings. The number of aryl methyl sites for hydroxylation is 1. The van der Waals surface area contributed by atoms with Crippen LogP contribution in [-0.4, -0.2) is 51.7 Å². The molecule has 1 aliphatic heterocycles. The van der Waals surface area contributed by atoms with Crippen molar-refractivity contribution in [3.05, 3.63) is 29.3 Å². The van der Waals surface area contributed by atoms with E-state index in [9.17, 15) is 13.2 Å². The summed E-state index contributed by atoms with van der Waals surface area (Å²) in [5.41, 5.74) is 7.58. The Morgan fingerprint density at radius 3 is 2.48 bits per heavy atom. The molecule has 0 saturated carbocycles. The summed E-state index contributed by atoms with van der Waals surface area (Å²) in [7, 11) is -1.45. The number of benzene rings is 1. The van der Waals surface area contributed by atoms with Crippen molar-refractivity contribution in [1.29, 1.82) is 0 Å². The van der Waals surface area contributed by atoms with Gasteiger partial charge in [-0.3, -0.25) is 9.10 Å². The molecule has 0 unspecified atom stereocenters. The molecule has 2 N–H and O–H groups in total. The molecule has 2 rings (SSSR count). The maximum Gasteiger partial charge on any atom is 0.253 e. The standard InChI is InChI=1S/C17H27N3O3S.ClH/c1-13-10-14(20-8-5-9-24(20,22)23)6-7-15(13)16(21)19(4)12-17(2,3)11-18;/h6-7,10H,5,8-9,11-12,18H2,1-4H3;1H. The number of amides is 1. The predicted molar refractivity (Wildman–Crippen MR) is 104 cm³/mol. The third-order valence-corrected chi connectivity index (χ3v) is 6.26. The number of anilines is 1. The molecule has 1 heterocycles. The Bertz CT molecular complexity index is 735. The summed E-state index contributed by atoms with van der Waals surface area (Å²) in [6.45, 7) is 7.43. The molecule has 0 aliphatic carbocycles. The van der Waals surface area contributed by atoms with E-state index in [0.717, 1.165) is 5.56 Å². The molecule has 1 fully saturated rings. The van der Waals surface area contributed by atoms with Gasteiger partial charge in [0.05, 0.1) is 11.4 Å². The van der Waals surface area contributed by atoms with E-state index in [1.165, 1.54) is 4.31 Å². The van der Waals surface area contributed by atoms with Gasteiger partial charge in [-0.1, -0.05) is 13.8 Å². The van der Waals surface area contributed by atoms with Crippen molar-refractivity contribution in [3.8, 4) is 0 Å². The summed E-state index contributed by atoms with van der Waals surface area (Å²) >= 11 is 0. The van der Waals surface area contributed by atoms with Crippen LogP contribution in [0.25, 0.3) is 0 Å². The highest BCUT2D eigenvalue weighted by Gasteiger charge is 2.29. The molecular formula is C17H28ClN3O3S. The third kappa shape index (κ3) is 4.86. The van der Waals surface area contributed by atoms with Crippen molar-refractivity contribution in [2.24, 2.45) is 11.1 Å². The Morgan fingerprint density at radius 1 is 1.36 bits per heavy atom. The number of carbonyl (C=O) groups is 1. The third-order valence-electron chi connectivity index (χ3n) is 4.39. The highest BCUT2D eigenvalue weighted by molar-refractivity contribution is 7.93. The van der Waals surface area contributed by atoms with Gasteiger partial charge in [-0.2, -0.15) is 0 Å². The van der Waals surface area contributed by atoms with Crippen molar-refractivity contribution in [1.82, 2.24) is 4.90 Å². The number of hydrogen-bond acceptors (Lipinski definition) is 4. The normalized spacial score (nSPS) is 16.4. The summed E-state index contributed by atoms with van der Waals surface area (Å²) in [5, 5.41) is 0. The monoisotopic (exact) mass is 389 g/mol. The number of halogens is 1. The average molecular weight is 390 g/mol. The van der Waals surface area contributed by atoms with E-state index in [4.69, 9.17) is 5.73 Å². The Balaban J connectivity index is 0.00000312.